The minimum atomic E-state index is -0.270. The van der Waals surface area contributed by atoms with Gasteiger partial charge >= 0.3 is 0 Å². The molecule has 0 heterocycles. The molecule has 6 heteroatoms. The standard InChI is InChI=1S/C22H27BrN2O3/c1-14(2)10-11-28-20-9-8-16(23)12-19(20)22(27)25-18-7-5-6-17(13-18)24-21(26)15(3)4/h5-9,12-15H,10-11H2,1-4H3,(H,24,26)(H,25,27). The minimum absolute atomic E-state index is 0.0729. The summed E-state index contributed by atoms with van der Waals surface area (Å²) in [6, 6.07) is 12.5. The number of ether oxygens (including phenoxy) is 1. The van der Waals surface area contributed by atoms with E-state index in [9.17, 15) is 9.59 Å². The van der Waals surface area contributed by atoms with Crippen LogP contribution >= 0.6 is 15.9 Å². The molecule has 0 aromatic heterocycles. The predicted molar refractivity (Wildman–Crippen MR) is 117 cm³/mol. The van der Waals surface area contributed by atoms with Crippen molar-refractivity contribution in [3.05, 3.63) is 52.5 Å². The van der Waals surface area contributed by atoms with Crippen LogP contribution in [0.4, 0.5) is 11.4 Å². The molecule has 0 saturated heterocycles. The summed E-state index contributed by atoms with van der Waals surface area (Å²) in [5, 5.41) is 5.71. The van der Waals surface area contributed by atoms with E-state index < -0.39 is 0 Å². The quantitative estimate of drug-likeness (QED) is 0.544. The van der Waals surface area contributed by atoms with E-state index in [0.29, 0.717) is 35.2 Å². The first-order valence-corrected chi connectivity index (χ1v) is 10.2. The van der Waals surface area contributed by atoms with Gasteiger partial charge in [-0.15, -0.1) is 0 Å². The van der Waals surface area contributed by atoms with Crippen molar-refractivity contribution in [2.75, 3.05) is 17.2 Å². The molecular weight excluding hydrogens is 420 g/mol. The second-order valence-electron chi connectivity index (χ2n) is 7.35. The third kappa shape index (κ3) is 6.68. The molecule has 0 saturated carbocycles. The molecule has 2 aromatic rings. The third-order valence-electron chi connectivity index (χ3n) is 4.05. The van der Waals surface area contributed by atoms with Gasteiger partial charge in [-0.05, 0) is 48.7 Å². The normalized spacial score (nSPS) is 10.8. The second kappa shape index (κ2) is 10.3. The lowest BCUT2D eigenvalue weighted by atomic mass is 10.1. The highest BCUT2D eigenvalue weighted by Gasteiger charge is 2.15. The van der Waals surface area contributed by atoms with E-state index in [2.05, 4.69) is 40.4 Å². The molecular formula is C22H27BrN2O3. The molecule has 0 fully saturated rings. The van der Waals surface area contributed by atoms with Crippen LogP contribution in [0.1, 0.15) is 44.5 Å². The average molecular weight is 447 g/mol. The lowest BCUT2D eigenvalue weighted by molar-refractivity contribution is -0.118. The summed E-state index contributed by atoms with van der Waals surface area (Å²) in [7, 11) is 0. The Balaban J connectivity index is 2.14. The summed E-state index contributed by atoms with van der Waals surface area (Å²) >= 11 is 3.41. The number of carbonyl (C=O) groups excluding carboxylic acids is 2. The molecule has 2 aromatic carbocycles. The molecule has 0 radical (unpaired) electrons. The summed E-state index contributed by atoms with van der Waals surface area (Å²) in [6.07, 6.45) is 0.911. The number of carbonyl (C=O) groups is 2. The Morgan fingerprint density at radius 3 is 2.32 bits per heavy atom. The number of anilines is 2. The van der Waals surface area contributed by atoms with Gasteiger partial charge in [-0.1, -0.05) is 49.7 Å². The molecule has 0 aliphatic heterocycles. The molecule has 0 aliphatic carbocycles. The molecule has 0 unspecified atom stereocenters. The Bertz CT molecular complexity index is 834. The number of hydrogen-bond acceptors (Lipinski definition) is 3. The zero-order chi connectivity index (χ0) is 20.7. The Labute approximate surface area is 175 Å². The molecule has 0 bridgehead atoms. The average Bonchev–Trinajstić information content (AvgIpc) is 2.62. The summed E-state index contributed by atoms with van der Waals surface area (Å²) in [5.41, 5.74) is 1.69. The van der Waals surface area contributed by atoms with Gasteiger partial charge in [-0.3, -0.25) is 9.59 Å². The number of amides is 2. The van der Waals surface area contributed by atoms with Crippen LogP contribution in [0.5, 0.6) is 5.75 Å². The van der Waals surface area contributed by atoms with E-state index in [1.807, 2.05) is 19.9 Å². The Morgan fingerprint density at radius 2 is 1.68 bits per heavy atom. The number of nitrogens with one attached hydrogen (secondary N) is 2. The van der Waals surface area contributed by atoms with Crippen molar-refractivity contribution >= 4 is 39.1 Å². The smallest absolute Gasteiger partial charge is 0.259 e. The van der Waals surface area contributed by atoms with E-state index in [1.54, 1.807) is 36.4 Å². The van der Waals surface area contributed by atoms with Crippen molar-refractivity contribution < 1.29 is 14.3 Å². The van der Waals surface area contributed by atoms with Crippen molar-refractivity contribution in [1.29, 1.82) is 0 Å². The molecule has 5 nitrogen and oxygen atoms in total. The van der Waals surface area contributed by atoms with E-state index in [4.69, 9.17) is 4.74 Å². The third-order valence-corrected chi connectivity index (χ3v) is 4.54. The highest BCUT2D eigenvalue weighted by atomic mass is 79.9. The van der Waals surface area contributed by atoms with Crippen molar-refractivity contribution in [2.45, 2.75) is 34.1 Å². The first-order chi connectivity index (χ1) is 13.3. The lowest BCUT2D eigenvalue weighted by Crippen LogP contribution is -2.18. The molecule has 28 heavy (non-hydrogen) atoms. The molecule has 0 aliphatic rings. The highest BCUT2D eigenvalue weighted by molar-refractivity contribution is 9.10. The summed E-state index contributed by atoms with van der Waals surface area (Å²) < 4.78 is 6.62. The number of rotatable bonds is 8. The predicted octanol–water partition coefficient (Wildman–Crippen LogP) is 5.72. The first kappa shape index (κ1) is 22.0. The van der Waals surface area contributed by atoms with Gasteiger partial charge < -0.3 is 15.4 Å². The van der Waals surface area contributed by atoms with E-state index in [-0.39, 0.29) is 17.7 Å². The topological polar surface area (TPSA) is 67.4 Å². The number of benzene rings is 2. The maximum absolute atomic E-state index is 12.8. The van der Waals surface area contributed by atoms with Crippen molar-refractivity contribution in [1.82, 2.24) is 0 Å². The molecule has 0 atom stereocenters. The van der Waals surface area contributed by atoms with Gasteiger partial charge in [0, 0.05) is 21.8 Å². The van der Waals surface area contributed by atoms with Crippen LogP contribution in [0, 0.1) is 11.8 Å². The van der Waals surface area contributed by atoms with Gasteiger partial charge in [0.2, 0.25) is 5.91 Å². The fourth-order valence-corrected chi connectivity index (χ4v) is 2.73. The first-order valence-electron chi connectivity index (χ1n) is 9.41. The van der Waals surface area contributed by atoms with Gasteiger partial charge in [-0.2, -0.15) is 0 Å². The monoisotopic (exact) mass is 446 g/mol. The molecule has 2 N–H and O–H groups in total. The van der Waals surface area contributed by atoms with Gasteiger partial charge in [0.15, 0.2) is 0 Å². The maximum atomic E-state index is 12.8. The van der Waals surface area contributed by atoms with Gasteiger partial charge in [0.1, 0.15) is 5.75 Å². The van der Waals surface area contributed by atoms with Crippen LogP contribution in [0.3, 0.4) is 0 Å². The number of hydrogen-bond donors (Lipinski definition) is 2. The largest absolute Gasteiger partial charge is 0.493 e. The summed E-state index contributed by atoms with van der Waals surface area (Å²) in [6.45, 7) is 8.47. The van der Waals surface area contributed by atoms with Crippen LogP contribution in [0.25, 0.3) is 0 Å². The summed E-state index contributed by atoms with van der Waals surface area (Å²) in [5.74, 6) is 0.608. The van der Waals surface area contributed by atoms with Crippen molar-refractivity contribution in [3.8, 4) is 5.75 Å². The maximum Gasteiger partial charge on any atom is 0.259 e. The van der Waals surface area contributed by atoms with Crippen LogP contribution in [-0.4, -0.2) is 18.4 Å². The SMILES string of the molecule is CC(C)CCOc1ccc(Br)cc1C(=O)Nc1cccc(NC(=O)C(C)C)c1. The van der Waals surface area contributed by atoms with E-state index in [0.717, 1.165) is 10.9 Å². The van der Waals surface area contributed by atoms with Gasteiger partial charge in [0.05, 0.1) is 12.2 Å². The van der Waals surface area contributed by atoms with Crippen LogP contribution < -0.4 is 15.4 Å². The van der Waals surface area contributed by atoms with E-state index in [1.165, 1.54) is 0 Å². The molecule has 0 spiro atoms. The van der Waals surface area contributed by atoms with Crippen molar-refractivity contribution in [3.63, 3.8) is 0 Å². The molecule has 2 rings (SSSR count). The van der Waals surface area contributed by atoms with Crippen molar-refractivity contribution in [2.24, 2.45) is 11.8 Å². The fraction of sp³-hybridized carbons (Fsp3) is 0.364. The zero-order valence-corrected chi connectivity index (χ0v) is 18.3. The van der Waals surface area contributed by atoms with Crippen LogP contribution in [0.2, 0.25) is 0 Å². The second-order valence-corrected chi connectivity index (χ2v) is 8.27. The molecule has 150 valence electrons. The highest BCUT2D eigenvalue weighted by Crippen LogP contribution is 2.25. The Morgan fingerprint density at radius 1 is 1.00 bits per heavy atom. The van der Waals surface area contributed by atoms with Crippen LogP contribution in [-0.2, 0) is 4.79 Å². The minimum Gasteiger partial charge on any atom is -0.493 e. The Hall–Kier alpha value is -2.34. The zero-order valence-electron chi connectivity index (χ0n) is 16.7. The molecule has 2 amide bonds. The lowest BCUT2D eigenvalue weighted by Gasteiger charge is -2.14. The fourth-order valence-electron chi connectivity index (χ4n) is 2.37. The van der Waals surface area contributed by atoms with E-state index >= 15 is 0 Å². The Kier molecular flexibility index (Phi) is 8.05. The number of halogens is 1. The van der Waals surface area contributed by atoms with Gasteiger partial charge in [0.25, 0.3) is 5.91 Å². The van der Waals surface area contributed by atoms with Gasteiger partial charge in [-0.25, -0.2) is 0 Å². The summed E-state index contributed by atoms with van der Waals surface area (Å²) in [4.78, 5) is 24.7. The van der Waals surface area contributed by atoms with Crippen LogP contribution in [0.15, 0.2) is 46.9 Å².